The van der Waals surface area contributed by atoms with E-state index in [4.69, 9.17) is 4.74 Å². The Hall–Kier alpha value is -0.870. The molecule has 0 aromatic carbocycles. The maximum Gasteiger partial charge on any atom is 0.0860 e. The van der Waals surface area contributed by atoms with E-state index >= 15 is 0 Å². The van der Waals surface area contributed by atoms with Crippen molar-refractivity contribution in [3.8, 4) is 0 Å². The van der Waals surface area contributed by atoms with E-state index in [-0.39, 0.29) is 6.10 Å². The zero-order chi connectivity index (χ0) is 14.4. The van der Waals surface area contributed by atoms with Crippen molar-refractivity contribution < 1.29 is 9.84 Å². The average Bonchev–Trinajstić information content (AvgIpc) is 2.79. The van der Waals surface area contributed by atoms with E-state index in [1.54, 1.807) is 7.11 Å². The summed E-state index contributed by atoms with van der Waals surface area (Å²) in [7, 11) is 1.65. The lowest BCUT2D eigenvalue weighted by Crippen LogP contribution is -2.34. The van der Waals surface area contributed by atoms with Gasteiger partial charge in [0.25, 0.3) is 0 Å². The van der Waals surface area contributed by atoms with Gasteiger partial charge in [0.15, 0.2) is 0 Å². The first-order chi connectivity index (χ1) is 9.03. The molecule has 2 unspecified atom stereocenters. The molecule has 0 amide bonds. The number of hydrogen-bond acceptors (Lipinski definition) is 3. The van der Waals surface area contributed by atoms with Crippen molar-refractivity contribution in [2.45, 2.75) is 65.2 Å². The van der Waals surface area contributed by atoms with E-state index < -0.39 is 6.10 Å². The van der Waals surface area contributed by atoms with E-state index in [9.17, 15) is 5.11 Å². The number of aliphatic hydroxyl groups is 1. The number of methoxy groups -OCH3 is 1. The third kappa shape index (κ3) is 4.32. The quantitative estimate of drug-likeness (QED) is 0.788. The number of aromatic nitrogens is 2. The van der Waals surface area contributed by atoms with Crippen LogP contribution in [0.15, 0.2) is 12.3 Å². The lowest BCUT2D eigenvalue weighted by molar-refractivity contribution is -0.0372. The number of hydrogen-bond donors (Lipinski definition) is 1. The Morgan fingerprint density at radius 3 is 2.42 bits per heavy atom. The van der Waals surface area contributed by atoms with Crippen LogP contribution in [-0.2, 0) is 11.2 Å². The minimum atomic E-state index is -0.505. The molecule has 0 aliphatic carbocycles. The van der Waals surface area contributed by atoms with Gasteiger partial charge in [0.2, 0.25) is 0 Å². The number of aliphatic hydroxyl groups excluding tert-OH is 1. The molecule has 0 aliphatic heterocycles. The Labute approximate surface area is 116 Å². The van der Waals surface area contributed by atoms with Crippen LogP contribution in [0.1, 0.15) is 52.3 Å². The van der Waals surface area contributed by atoms with Gasteiger partial charge < -0.3 is 9.84 Å². The summed E-state index contributed by atoms with van der Waals surface area (Å²) in [5, 5.41) is 14.8. The zero-order valence-electron chi connectivity index (χ0n) is 12.8. The van der Waals surface area contributed by atoms with E-state index in [2.05, 4.69) is 32.8 Å². The van der Waals surface area contributed by atoms with Gasteiger partial charge in [-0.3, -0.25) is 4.68 Å². The molecule has 4 heteroatoms. The van der Waals surface area contributed by atoms with Crippen molar-refractivity contribution in [1.29, 1.82) is 0 Å². The molecule has 0 spiro atoms. The van der Waals surface area contributed by atoms with Crippen LogP contribution in [0.2, 0.25) is 0 Å². The number of nitrogens with zero attached hydrogens (tertiary/aromatic N) is 2. The van der Waals surface area contributed by atoms with Crippen LogP contribution in [0.5, 0.6) is 0 Å². The second-order valence-electron chi connectivity index (χ2n) is 5.47. The lowest BCUT2D eigenvalue weighted by atomic mass is 9.98. The topological polar surface area (TPSA) is 47.3 Å². The van der Waals surface area contributed by atoms with Crippen molar-refractivity contribution in [3.05, 3.63) is 18.0 Å². The summed E-state index contributed by atoms with van der Waals surface area (Å²) in [5.74, 6) is 0.293. The normalized spacial score (nSPS) is 15.2. The van der Waals surface area contributed by atoms with E-state index in [0.29, 0.717) is 18.4 Å². The monoisotopic (exact) mass is 268 g/mol. The third-order valence-corrected chi connectivity index (χ3v) is 3.71. The third-order valence-electron chi connectivity index (χ3n) is 3.71. The Bertz CT molecular complexity index is 359. The molecule has 1 rings (SSSR count). The lowest BCUT2D eigenvalue weighted by Gasteiger charge is -2.24. The SMILES string of the molecule is CCC(CC)n1ccc(CC(O)C(OC)C(C)C)n1. The van der Waals surface area contributed by atoms with Gasteiger partial charge in [-0.2, -0.15) is 5.10 Å². The molecule has 0 fully saturated rings. The van der Waals surface area contributed by atoms with Crippen LogP contribution in [0, 0.1) is 5.92 Å². The van der Waals surface area contributed by atoms with Crippen LogP contribution >= 0.6 is 0 Å². The highest BCUT2D eigenvalue weighted by Crippen LogP contribution is 2.17. The molecule has 0 aliphatic rings. The van der Waals surface area contributed by atoms with Crippen LogP contribution in [0.25, 0.3) is 0 Å². The Kier molecular flexibility index (Phi) is 6.52. The van der Waals surface area contributed by atoms with Crippen molar-refractivity contribution in [1.82, 2.24) is 9.78 Å². The van der Waals surface area contributed by atoms with Gasteiger partial charge in [-0.1, -0.05) is 27.7 Å². The summed E-state index contributed by atoms with van der Waals surface area (Å²) in [6, 6.07) is 2.45. The second-order valence-corrected chi connectivity index (χ2v) is 5.47. The number of rotatable bonds is 8. The Morgan fingerprint density at radius 1 is 1.32 bits per heavy atom. The molecule has 4 nitrogen and oxygen atoms in total. The molecule has 110 valence electrons. The van der Waals surface area contributed by atoms with E-state index in [1.807, 2.05) is 16.9 Å². The molecule has 2 atom stereocenters. The second kappa shape index (κ2) is 7.65. The summed E-state index contributed by atoms with van der Waals surface area (Å²) in [4.78, 5) is 0. The summed E-state index contributed by atoms with van der Waals surface area (Å²) in [6.07, 6.45) is 4.06. The van der Waals surface area contributed by atoms with Gasteiger partial charge in [-0.15, -0.1) is 0 Å². The molecular formula is C15H28N2O2. The smallest absolute Gasteiger partial charge is 0.0860 e. The fourth-order valence-corrected chi connectivity index (χ4v) is 2.56. The van der Waals surface area contributed by atoms with E-state index in [1.165, 1.54) is 0 Å². The minimum absolute atomic E-state index is 0.140. The van der Waals surface area contributed by atoms with Gasteiger partial charge in [0, 0.05) is 19.7 Å². The molecule has 1 heterocycles. The fourth-order valence-electron chi connectivity index (χ4n) is 2.56. The Balaban J connectivity index is 2.67. The van der Waals surface area contributed by atoms with Crippen LogP contribution in [-0.4, -0.2) is 34.2 Å². The first-order valence-corrected chi connectivity index (χ1v) is 7.28. The highest BCUT2D eigenvalue weighted by atomic mass is 16.5. The molecule has 0 saturated heterocycles. The summed E-state index contributed by atoms with van der Waals surface area (Å²) >= 11 is 0. The minimum Gasteiger partial charge on any atom is -0.390 e. The zero-order valence-corrected chi connectivity index (χ0v) is 12.8. The molecule has 0 radical (unpaired) electrons. The largest absolute Gasteiger partial charge is 0.390 e. The van der Waals surface area contributed by atoms with Crippen molar-refractivity contribution >= 4 is 0 Å². The summed E-state index contributed by atoms with van der Waals surface area (Å²) < 4.78 is 7.37. The average molecular weight is 268 g/mol. The molecule has 1 aromatic rings. The fraction of sp³-hybridized carbons (Fsp3) is 0.800. The maximum absolute atomic E-state index is 10.2. The summed E-state index contributed by atoms with van der Waals surface area (Å²) in [6.45, 7) is 8.45. The maximum atomic E-state index is 10.2. The first-order valence-electron chi connectivity index (χ1n) is 7.28. The molecule has 1 aromatic heterocycles. The predicted octanol–water partition coefficient (Wildman–Crippen LogP) is 2.82. The van der Waals surface area contributed by atoms with Crippen LogP contribution in [0.4, 0.5) is 0 Å². The van der Waals surface area contributed by atoms with Gasteiger partial charge in [-0.25, -0.2) is 0 Å². The summed E-state index contributed by atoms with van der Waals surface area (Å²) in [5.41, 5.74) is 0.933. The molecule has 19 heavy (non-hydrogen) atoms. The van der Waals surface area contributed by atoms with Gasteiger partial charge >= 0.3 is 0 Å². The molecule has 0 saturated carbocycles. The highest BCUT2D eigenvalue weighted by molar-refractivity contribution is 5.02. The first kappa shape index (κ1) is 16.2. The highest BCUT2D eigenvalue weighted by Gasteiger charge is 2.23. The van der Waals surface area contributed by atoms with E-state index in [0.717, 1.165) is 18.5 Å². The van der Waals surface area contributed by atoms with Gasteiger partial charge in [-0.05, 0) is 24.8 Å². The van der Waals surface area contributed by atoms with Crippen molar-refractivity contribution in [3.63, 3.8) is 0 Å². The standard InChI is InChI=1S/C15H28N2O2/c1-6-13(7-2)17-9-8-12(16-17)10-14(18)15(19-5)11(3)4/h8-9,11,13-15,18H,6-7,10H2,1-5H3. The van der Waals surface area contributed by atoms with Gasteiger partial charge in [0.1, 0.15) is 0 Å². The predicted molar refractivity (Wildman–Crippen MR) is 77.2 cm³/mol. The Morgan fingerprint density at radius 2 is 1.95 bits per heavy atom. The van der Waals surface area contributed by atoms with Crippen LogP contribution < -0.4 is 0 Å². The van der Waals surface area contributed by atoms with Gasteiger partial charge in [0.05, 0.1) is 23.9 Å². The van der Waals surface area contributed by atoms with Crippen molar-refractivity contribution in [2.75, 3.05) is 7.11 Å². The van der Waals surface area contributed by atoms with Crippen molar-refractivity contribution in [2.24, 2.45) is 5.92 Å². The van der Waals surface area contributed by atoms with Crippen LogP contribution in [0.3, 0.4) is 0 Å². The number of ether oxygens (including phenoxy) is 1. The molecule has 1 N–H and O–H groups in total. The molecular weight excluding hydrogens is 240 g/mol. The molecule has 0 bridgehead atoms.